The van der Waals surface area contributed by atoms with Gasteiger partial charge in [-0.25, -0.2) is 9.78 Å². The van der Waals surface area contributed by atoms with E-state index in [1.807, 2.05) is 42.5 Å². The van der Waals surface area contributed by atoms with Crippen LogP contribution in [0.5, 0.6) is 0 Å². The predicted octanol–water partition coefficient (Wildman–Crippen LogP) is 4.89. The smallest absolute Gasteiger partial charge is 0.407 e. The normalized spacial score (nSPS) is 10.7. The Kier molecular flexibility index (Phi) is 5.69. The molecule has 1 aromatic heterocycles. The average Bonchev–Trinajstić information content (AvgIpc) is 3.15. The lowest BCUT2D eigenvalue weighted by Gasteiger charge is -2.06. The highest BCUT2D eigenvalue weighted by Gasteiger charge is 2.10. The second-order valence-corrected chi connectivity index (χ2v) is 6.31. The van der Waals surface area contributed by atoms with Crippen molar-refractivity contribution in [1.82, 2.24) is 10.3 Å². The summed E-state index contributed by atoms with van der Waals surface area (Å²) in [7, 11) is 0. The van der Waals surface area contributed by atoms with Crippen LogP contribution in [-0.2, 0) is 17.9 Å². The first-order valence-corrected chi connectivity index (χ1v) is 8.61. The Hall–Kier alpha value is -3.08. The molecule has 134 valence electrons. The van der Waals surface area contributed by atoms with Crippen LogP contribution in [0.25, 0.3) is 11.3 Å². The number of hydrogen-bond donors (Lipinski definition) is 1. The lowest BCUT2D eigenvalue weighted by molar-refractivity contribution is 0.138. The molecule has 0 saturated carbocycles. The second-order valence-electron chi connectivity index (χ2n) is 6.31. The van der Waals surface area contributed by atoms with Crippen molar-refractivity contribution in [1.29, 1.82) is 0 Å². The highest BCUT2D eigenvalue weighted by Crippen LogP contribution is 2.24. The van der Waals surface area contributed by atoms with Gasteiger partial charge in [0, 0.05) is 5.56 Å². The number of amides is 1. The molecular formula is C21H22N2O3. The molecule has 0 saturated heterocycles. The van der Waals surface area contributed by atoms with Crippen molar-refractivity contribution in [3.63, 3.8) is 0 Å². The minimum atomic E-state index is -0.504. The third kappa shape index (κ3) is 4.72. The van der Waals surface area contributed by atoms with Crippen molar-refractivity contribution in [3.8, 4) is 11.3 Å². The number of benzene rings is 2. The van der Waals surface area contributed by atoms with E-state index in [1.165, 1.54) is 5.56 Å². The van der Waals surface area contributed by atoms with Crippen LogP contribution < -0.4 is 5.32 Å². The average molecular weight is 350 g/mol. The van der Waals surface area contributed by atoms with Gasteiger partial charge >= 0.3 is 6.09 Å². The molecule has 5 heteroatoms. The van der Waals surface area contributed by atoms with E-state index < -0.39 is 6.09 Å². The number of ether oxygens (including phenoxy) is 1. The molecule has 1 N–H and O–H groups in total. The maximum Gasteiger partial charge on any atom is 0.407 e. The fourth-order valence-electron chi connectivity index (χ4n) is 2.50. The van der Waals surface area contributed by atoms with Crippen LogP contribution in [0.2, 0.25) is 0 Å². The highest BCUT2D eigenvalue weighted by atomic mass is 16.5. The van der Waals surface area contributed by atoms with Gasteiger partial charge < -0.3 is 14.5 Å². The van der Waals surface area contributed by atoms with Gasteiger partial charge in [-0.2, -0.15) is 0 Å². The van der Waals surface area contributed by atoms with Crippen LogP contribution in [0.3, 0.4) is 0 Å². The zero-order valence-electron chi connectivity index (χ0n) is 14.9. The summed E-state index contributed by atoms with van der Waals surface area (Å²) in [5, 5.41) is 2.65. The number of carbonyl (C=O) groups excluding carboxylic acids is 1. The zero-order valence-corrected chi connectivity index (χ0v) is 14.9. The van der Waals surface area contributed by atoms with Crippen molar-refractivity contribution >= 4 is 6.09 Å². The molecule has 0 aliphatic rings. The van der Waals surface area contributed by atoms with Crippen molar-refractivity contribution in [2.45, 2.75) is 32.9 Å². The molecule has 0 fully saturated rings. The minimum Gasteiger partial charge on any atom is -0.445 e. The summed E-state index contributed by atoms with van der Waals surface area (Å²) in [6.45, 7) is 4.70. The number of carbonyl (C=O) groups is 1. The van der Waals surface area contributed by atoms with E-state index in [-0.39, 0.29) is 13.2 Å². The summed E-state index contributed by atoms with van der Waals surface area (Å²) in [5.41, 5.74) is 3.15. The molecule has 0 radical (unpaired) electrons. The lowest BCUT2D eigenvalue weighted by atomic mass is 10.0. The molecule has 26 heavy (non-hydrogen) atoms. The van der Waals surface area contributed by atoms with Crippen molar-refractivity contribution in [2.24, 2.45) is 0 Å². The molecule has 0 spiro atoms. The van der Waals surface area contributed by atoms with Crippen LogP contribution in [-0.4, -0.2) is 11.1 Å². The third-order valence-electron chi connectivity index (χ3n) is 3.99. The van der Waals surface area contributed by atoms with Crippen molar-refractivity contribution in [3.05, 3.63) is 77.8 Å². The van der Waals surface area contributed by atoms with Crippen LogP contribution >= 0.6 is 0 Å². The standard InChI is InChI=1S/C21H22N2O3/c1-15(2)17-9-6-10-18(11-17)19-12-22-20(26-19)13-23-21(24)25-14-16-7-4-3-5-8-16/h3-12,15H,13-14H2,1-2H3,(H,23,24). The Labute approximate surface area is 153 Å². The molecule has 0 bridgehead atoms. The van der Waals surface area contributed by atoms with Crippen LogP contribution in [0.4, 0.5) is 4.79 Å². The second kappa shape index (κ2) is 8.34. The number of oxazole rings is 1. The van der Waals surface area contributed by atoms with E-state index in [2.05, 4.69) is 36.3 Å². The molecule has 0 atom stereocenters. The Morgan fingerprint density at radius 2 is 1.96 bits per heavy atom. The number of hydrogen-bond acceptors (Lipinski definition) is 4. The molecule has 0 unspecified atom stereocenters. The van der Waals surface area contributed by atoms with Crippen LogP contribution in [0.15, 0.2) is 65.2 Å². The predicted molar refractivity (Wildman–Crippen MR) is 99.5 cm³/mol. The van der Waals surface area contributed by atoms with Gasteiger partial charge in [0.15, 0.2) is 5.76 Å². The Bertz CT molecular complexity index is 856. The molecule has 3 rings (SSSR count). The van der Waals surface area contributed by atoms with Crippen LogP contribution in [0, 0.1) is 0 Å². The van der Waals surface area contributed by atoms with Gasteiger partial charge in [-0.3, -0.25) is 0 Å². The van der Waals surface area contributed by atoms with Crippen LogP contribution in [0.1, 0.15) is 36.8 Å². The van der Waals surface area contributed by atoms with E-state index in [0.717, 1.165) is 11.1 Å². The molecule has 3 aromatic rings. The van der Waals surface area contributed by atoms with Crippen molar-refractivity contribution in [2.75, 3.05) is 0 Å². The number of aromatic nitrogens is 1. The largest absolute Gasteiger partial charge is 0.445 e. The van der Waals surface area contributed by atoms with Gasteiger partial charge in [0.2, 0.25) is 5.89 Å². The summed E-state index contributed by atoms with van der Waals surface area (Å²) in [6, 6.07) is 17.7. The van der Waals surface area contributed by atoms with Gasteiger partial charge in [-0.15, -0.1) is 0 Å². The third-order valence-corrected chi connectivity index (χ3v) is 3.99. The van der Waals surface area contributed by atoms with Gasteiger partial charge in [0.25, 0.3) is 0 Å². The topological polar surface area (TPSA) is 64.4 Å². The fourth-order valence-corrected chi connectivity index (χ4v) is 2.50. The maximum atomic E-state index is 11.8. The minimum absolute atomic E-state index is 0.178. The summed E-state index contributed by atoms with van der Waals surface area (Å²) >= 11 is 0. The first kappa shape index (κ1) is 17.7. The summed E-state index contributed by atoms with van der Waals surface area (Å²) in [6.07, 6.45) is 1.17. The monoisotopic (exact) mass is 350 g/mol. The first-order valence-electron chi connectivity index (χ1n) is 8.61. The van der Waals surface area contributed by atoms with Gasteiger partial charge in [0.05, 0.1) is 12.7 Å². The van der Waals surface area contributed by atoms with E-state index in [9.17, 15) is 4.79 Å². The quantitative estimate of drug-likeness (QED) is 0.687. The molecule has 5 nitrogen and oxygen atoms in total. The number of nitrogens with one attached hydrogen (secondary N) is 1. The molecule has 1 amide bonds. The molecular weight excluding hydrogens is 328 g/mol. The number of rotatable bonds is 6. The molecule has 1 heterocycles. The molecule has 0 aliphatic carbocycles. The maximum absolute atomic E-state index is 11.8. The summed E-state index contributed by atoms with van der Waals surface area (Å²) in [4.78, 5) is 16.0. The van der Waals surface area contributed by atoms with E-state index in [0.29, 0.717) is 17.6 Å². The first-order chi connectivity index (χ1) is 12.6. The zero-order chi connectivity index (χ0) is 18.4. The Balaban J connectivity index is 1.53. The summed E-state index contributed by atoms with van der Waals surface area (Å²) < 4.78 is 10.9. The van der Waals surface area contributed by atoms with E-state index in [4.69, 9.17) is 9.15 Å². The van der Waals surface area contributed by atoms with Gasteiger partial charge in [-0.1, -0.05) is 62.4 Å². The Morgan fingerprint density at radius 3 is 2.73 bits per heavy atom. The molecule has 2 aromatic carbocycles. The fraction of sp³-hybridized carbons (Fsp3) is 0.238. The van der Waals surface area contributed by atoms with E-state index >= 15 is 0 Å². The lowest BCUT2D eigenvalue weighted by Crippen LogP contribution is -2.23. The summed E-state index contributed by atoms with van der Waals surface area (Å²) in [5.74, 6) is 1.56. The van der Waals surface area contributed by atoms with Gasteiger partial charge in [-0.05, 0) is 23.1 Å². The highest BCUT2D eigenvalue weighted by molar-refractivity contribution is 5.67. The van der Waals surface area contributed by atoms with Gasteiger partial charge in [0.1, 0.15) is 6.61 Å². The number of nitrogens with zero attached hydrogens (tertiary/aromatic N) is 1. The van der Waals surface area contributed by atoms with E-state index in [1.54, 1.807) is 6.20 Å². The molecule has 0 aliphatic heterocycles. The van der Waals surface area contributed by atoms with Crippen molar-refractivity contribution < 1.29 is 13.9 Å². The number of alkyl carbamates (subject to hydrolysis) is 1. The Morgan fingerprint density at radius 1 is 1.15 bits per heavy atom. The SMILES string of the molecule is CC(C)c1cccc(-c2cnc(CNC(=O)OCc3ccccc3)o2)c1.